The van der Waals surface area contributed by atoms with Gasteiger partial charge in [-0.15, -0.1) is 0 Å². The molecule has 1 amide bonds. The van der Waals surface area contributed by atoms with Crippen molar-refractivity contribution in [3.05, 3.63) is 137 Å². The molecule has 0 aromatic heterocycles. The Morgan fingerprint density at radius 1 is 0.809 bits per heavy atom. The number of halogens is 1. The maximum absolute atomic E-state index is 15.0. The number of benzene rings is 4. The second-order valence-corrected chi connectivity index (χ2v) is 12.9. The summed E-state index contributed by atoms with van der Waals surface area (Å²) in [6.07, 6.45) is 4.43. The monoisotopic (exact) mass is 631 g/mol. The largest absolute Gasteiger partial charge is 0.348 e. The van der Waals surface area contributed by atoms with Gasteiger partial charge >= 0.3 is 0 Å². The molecule has 0 unspecified atom stereocenters. The lowest BCUT2D eigenvalue weighted by atomic mass is 10.00. The predicted octanol–water partition coefficient (Wildman–Crippen LogP) is 6.05. The molecule has 2 N–H and O–H groups in total. The van der Waals surface area contributed by atoms with Crippen molar-refractivity contribution in [1.82, 2.24) is 25.3 Å². The van der Waals surface area contributed by atoms with Crippen molar-refractivity contribution in [2.75, 3.05) is 52.4 Å². The smallest absolute Gasteiger partial charge is 0.251 e. The van der Waals surface area contributed by atoms with Crippen LogP contribution in [0, 0.1) is 5.82 Å². The summed E-state index contributed by atoms with van der Waals surface area (Å²) in [6.45, 7) is 12.2. The number of carbonyl (C=O) groups excluding carboxylic acids is 1. The molecule has 0 radical (unpaired) electrons. The summed E-state index contributed by atoms with van der Waals surface area (Å²) in [4.78, 5) is 20.5. The fourth-order valence-electron chi connectivity index (χ4n) is 6.54. The van der Waals surface area contributed by atoms with E-state index in [-0.39, 0.29) is 11.7 Å². The van der Waals surface area contributed by atoms with Crippen LogP contribution >= 0.6 is 0 Å². The van der Waals surface area contributed by atoms with Gasteiger partial charge in [0.15, 0.2) is 0 Å². The summed E-state index contributed by atoms with van der Waals surface area (Å²) >= 11 is 0. The highest BCUT2D eigenvalue weighted by Gasteiger charge is 2.18. The first kappa shape index (κ1) is 32.8. The van der Waals surface area contributed by atoms with E-state index in [0.29, 0.717) is 23.7 Å². The van der Waals surface area contributed by atoms with Gasteiger partial charge in [-0.1, -0.05) is 78.9 Å². The molecule has 1 atom stereocenters. The fourth-order valence-corrected chi connectivity index (χ4v) is 6.54. The molecular formula is C40H46FN5O. The van der Waals surface area contributed by atoms with E-state index in [4.69, 9.17) is 0 Å². The average Bonchev–Trinajstić information content (AvgIpc) is 3.09. The van der Waals surface area contributed by atoms with Gasteiger partial charge < -0.3 is 10.6 Å². The van der Waals surface area contributed by atoms with Crippen molar-refractivity contribution in [2.24, 2.45) is 0 Å². The van der Waals surface area contributed by atoms with E-state index in [1.54, 1.807) is 6.07 Å². The fraction of sp³-hybridized carbons (Fsp3) is 0.325. The third-order valence-corrected chi connectivity index (χ3v) is 9.11. The van der Waals surface area contributed by atoms with Gasteiger partial charge in [0.2, 0.25) is 0 Å². The van der Waals surface area contributed by atoms with E-state index in [2.05, 4.69) is 86.9 Å². The minimum atomic E-state index is -0.259. The maximum atomic E-state index is 15.0. The zero-order valence-electron chi connectivity index (χ0n) is 27.4. The third-order valence-electron chi connectivity index (χ3n) is 9.11. The number of hydrogen-bond donors (Lipinski definition) is 2. The molecule has 4 aromatic carbocycles. The van der Waals surface area contributed by atoms with E-state index in [1.807, 2.05) is 42.5 Å². The Morgan fingerprint density at radius 3 is 2.36 bits per heavy atom. The van der Waals surface area contributed by atoms with Crippen molar-refractivity contribution >= 4 is 12.0 Å². The summed E-state index contributed by atoms with van der Waals surface area (Å²) in [5, 5.41) is 6.53. The number of piperazine rings is 2. The summed E-state index contributed by atoms with van der Waals surface area (Å²) in [7, 11) is 0. The van der Waals surface area contributed by atoms with Gasteiger partial charge in [0, 0.05) is 89.2 Å². The minimum Gasteiger partial charge on any atom is -0.348 e. The van der Waals surface area contributed by atoms with Crippen LogP contribution in [0.25, 0.3) is 17.2 Å². The number of carbonyl (C=O) groups is 1. The van der Waals surface area contributed by atoms with Gasteiger partial charge in [0.25, 0.3) is 5.91 Å². The molecule has 244 valence electrons. The van der Waals surface area contributed by atoms with Gasteiger partial charge in [-0.05, 0) is 65.1 Å². The number of hydrogen-bond acceptors (Lipinski definition) is 5. The zero-order valence-corrected chi connectivity index (χ0v) is 27.4. The topological polar surface area (TPSA) is 50.9 Å². The van der Waals surface area contributed by atoms with Crippen molar-refractivity contribution in [1.29, 1.82) is 0 Å². The molecule has 2 fully saturated rings. The maximum Gasteiger partial charge on any atom is 0.251 e. The lowest BCUT2D eigenvalue weighted by Gasteiger charge is -2.34. The molecule has 0 bridgehead atoms. The van der Waals surface area contributed by atoms with Gasteiger partial charge in [-0.2, -0.15) is 0 Å². The van der Waals surface area contributed by atoms with Crippen LogP contribution in [0.15, 0.2) is 103 Å². The second-order valence-electron chi connectivity index (χ2n) is 12.9. The normalized spacial score (nSPS) is 18.0. The van der Waals surface area contributed by atoms with Crippen LogP contribution in [-0.2, 0) is 19.6 Å². The van der Waals surface area contributed by atoms with E-state index in [1.165, 1.54) is 17.2 Å². The first-order valence-corrected chi connectivity index (χ1v) is 16.9. The van der Waals surface area contributed by atoms with Crippen LogP contribution < -0.4 is 10.6 Å². The Bertz CT molecular complexity index is 1650. The van der Waals surface area contributed by atoms with Crippen LogP contribution in [0.1, 0.15) is 39.5 Å². The summed E-state index contributed by atoms with van der Waals surface area (Å²) in [6, 6.07) is 32.0. The highest BCUT2D eigenvalue weighted by atomic mass is 19.1. The van der Waals surface area contributed by atoms with Crippen molar-refractivity contribution in [3.8, 4) is 11.1 Å². The summed E-state index contributed by atoms with van der Waals surface area (Å²) < 4.78 is 15.0. The van der Waals surface area contributed by atoms with Crippen LogP contribution in [0.4, 0.5) is 4.39 Å². The quantitative estimate of drug-likeness (QED) is 0.211. The Hall–Kier alpha value is -4.14. The molecular weight excluding hydrogens is 585 g/mol. The van der Waals surface area contributed by atoms with E-state index < -0.39 is 0 Å². The van der Waals surface area contributed by atoms with E-state index in [9.17, 15) is 4.79 Å². The summed E-state index contributed by atoms with van der Waals surface area (Å²) in [5.41, 5.74) is 6.46. The number of rotatable bonds is 11. The second kappa shape index (κ2) is 16.1. The molecule has 4 aromatic rings. The van der Waals surface area contributed by atoms with Crippen LogP contribution in [0.2, 0.25) is 0 Å². The van der Waals surface area contributed by atoms with Crippen LogP contribution in [0.3, 0.4) is 0 Å². The van der Waals surface area contributed by atoms with Gasteiger partial charge in [0.1, 0.15) is 5.82 Å². The van der Waals surface area contributed by atoms with E-state index >= 15 is 4.39 Å². The third kappa shape index (κ3) is 9.46. The van der Waals surface area contributed by atoms with Gasteiger partial charge in [-0.25, -0.2) is 4.39 Å². The standard InChI is InChI=1S/C40H46FN5O/c1-31-28-46(19-17-42-31)30-34-10-5-13-36(24-34)38-26-33(15-16-39(38)41)27-43-40(47)37-14-6-11-35(25-37)29-45-22-20-44(21-23-45)18-7-12-32-8-3-2-4-9-32/h2-16,24-26,31,42H,17-23,27-30H2,1H3,(H,43,47)/b12-7+/t31-/m0/s1. The Balaban J connectivity index is 1.00. The lowest BCUT2D eigenvalue weighted by Crippen LogP contribution is -2.48. The lowest BCUT2D eigenvalue weighted by molar-refractivity contribution is 0.0950. The molecule has 2 heterocycles. The van der Waals surface area contributed by atoms with Crippen molar-refractivity contribution in [2.45, 2.75) is 32.6 Å². The van der Waals surface area contributed by atoms with Gasteiger partial charge in [0.05, 0.1) is 0 Å². The molecule has 7 heteroatoms. The molecule has 0 spiro atoms. The Morgan fingerprint density at radius 2 is 1.55 bits per heavy atom. The molecule has 6 rings (SSSR count). The van der Waals surface area contributed by atoms with Crippen LogP contribution in [-0.4, -0.2) is 79.0 Å². The molecule has 0 saturated carbocycles. The first-order valence-electron chi connectivity index (χ1n) is 16.9. The molecule has 2 aliphatic rings. The highest BCUT2D eigenvalue weighted by Crippen LogP contribution is 2.26. The average molecular weight is 632 g/mol. The minimum absolute atomic E-state index is 0.125. The molecule has 6 nitrogen and oxygen atoms in total. The zero-order chi connectivity index (χ0) is 32.4. The van der Waals surface area contributed by atoms with Crippen molar-refractivity contribution in [3.63, 3.8) is 0 Å². The van der Waals surface area contributed by atoms with Gasteiger partial charge in [-0.3, -0.25) is 19.5 Å². The molecule has 2 aliphatic heterocycles. The number of amides is 1. The predicted molar refractivity (Wildman–Crippen MR) is 189 cm³/mol. The first-order chi connectivity index (χ1) is 23.0. The Kier molecular flexibility index (Phi) is 11.2. The summed E-state index contributed by atoms with van der Waals surface area (Å²) in [5.74, 6) is -0.384. The molecule has 0 aliphatic carbocycles. The molecule has 2 saturated heterocycles. The SMILES string of the molecule is C[C@H]1CN(Cc2cccc(-c3cc(CNC(=O)c4cccc(CN5CCN(C/C=C/c6ccccc6)CC5)c4)ccc3F)c2)CCN1. The van der Waals surface area contributed by atoms with E-state index in [0.717, 1.165) is 82.1 Å². The van der Waals surface area contributed by atoms with Crippen molar-refractivity contribution < 1.29 is 9.18 Å². The molecule has 47 heavy (non-hydrogen) atoms. The Labute approximate surface area is 278 Å². The van der Waals surface area contributed by atoms with Crippen LogP contribution in [0.5, 0.6) is 0 Å². The number of nitrogens with zero attached hydrogens (tertiary/aromatic N) is 3. The highest BCUT2D eigenvalue weighted by molar-refractivity contribution is 5.94. The number of nitrogens with one attached hydrogen (secondary N) is 2.